The molecule has 0 aliphatic heterocycles. The number of aromatic hydroxyl groups is 1. The topological polar surface area (TPSA) is 155 Å². The Kier molecular flexibility index (Phi) is 3.92. The molecule has 0 atom stereocenters. The van der Waals surface area contributed by atoms with Gasteiger partial charge in [0, 0.05) is 17.3 Å². The molecule has 19 heavy (non-hydrogen) atoms. The van der Waals surface area contributed by atoms with Gasteiger partial charge >= 0.3 is 5.97 Å². The van der Waals surface area contributed by atoms with E-state index < -0.39 is 32.5 Å². The Bertz CT molecular complexity index is 675. The second-order valence-electron chi connectivity index (χ2n) is 3.44. The lowest BCUT2D eigenvalue weighted by Gasteiger charge is -2.03. The van der Waals surface area contributed by atoms with Crippen molar-refractivity contribution in [2.24, 2.45) is 0 Å². The van der Waals surface area contributed by atoms with Crippen molar-refractivity contribution in [1.82, 2.24) is 0 Å². The summed E-state index contributed by atoms with van der Waals surface area (Å²) in [4.78, 5) is 20.3. The number of carbonyl (C=O) groups excluding carboxylic acids is 1. The van der Waals surface area contributed by atoms with Crippen LogP contribution in [0.2, 0.25) is 0 Å². The maximum absolute atomic E-state index is 11.2. The van der Waals surface area contributed by atoms with Crippen LogP contribution in [0.1, 0.15) is 5.56 Å². The van der Waals surface area contributed by atoms with E-state index in [-0.39, 0.29) is 11.3 Å². The van der Waals surface area contributed by atoms with Crippen LogP contribution in [0.15, 0.2) is 23.1 Å². The Labute approximate surface area is 107 Å². The molecule has 9 heteroatoms. The van der Waals surface area contributed by atoms with Crippen molar-refractivity contribution < 1.29 is 32.8 Å². The molecule has 0 spiro atoms. The summed E-state index contributed by atoms with van der Waals surface area (Å²) in [7, 11) is -5.05. The molecule has 1 rings (SSSR count). The summed E-state index contributed by atoms with van der Waals surface area (Å²) in [6.45, 7) is 0. The van der Waals surface area contributed by atoms with E-state index in [1.165, 1.54) is 6.07 Å². The van der Waals surface area contributed by atoms with Gasteiger partial charge in [-0.25, -0.2) is 4.79 Å². The number of rotatable bonds is 4. The lowest BCUT2D eigenvalue weighted by molar-refractivity contribution is -0.146. The van der Waals surface area contributed by atoms with Gasteiger partial charge in [-0.3, -0.25) is 9.35 Å². The average molecular weight is 287 g/mol. The van der Waals surface area contributed by atoms with E-state index in [0.717, 1.165) is 12.1 Å². The van der Waals surface area contributed by atoms with Crippen LogP contribution in [0.25, 0.3) is 6.08 Å². The third-order valence-corrected chi connectivity index (χ3v) is 2.90. The van der Waals surface area contributed by atoms with Crippen LogP contribution < -0.4 is 5.73 Å². The third kappa shape index (κ3) is 3.53. The van der Waals surface area contributed by atoms with Crippen LogP contribution >= 0.6 is 0 Å². The number of anilines is 1. The third-order valence-electron chi connectivity index (χ3n) is 2.04. The molecule has 0 amide bonds. The molecule has 102 valence electrons. The molecular formula is C10H9NO7S. The van der Waals surface area contributed by atoms with Gasteiger partial charge in [0.15, 0.2) is 0 Å². The fourth-order valence-electron chi connectivity index (χ4n) is 1.19. The van der Waals surface area contributed by atoms with Crippen LogP contribution in [0.5, 0.6) is 5.75 Å². The van der Waals surface area contributed by atoms with Crippen LogP contribution in [0.3, 0.4) is 0 Å². The molecular weight excluding hydrogens is 278 g/mol. The zero-order valence-electron chi connectivity index (χ0n) is 9.27. The molecule has 0 aliphatic rings. The summed E-state index contributed by atoms with van der Waals surface area (Å²) in [5, 5.41) is 17.9. The Morgan fingerprint density at radius 3 is 2.26 bits per heavy atom. The molecule has 0 heterocycles. The van der Waals surface area contributed by atoms with Crippen LogP contribution in [-0.4, -0.2) is 34.9 Å². The Hall–Kier alpha value is -2.39. The maximum Gasteiger partial charge on any atom is 0.378 e. The van der Waals surface area contributed by atoms with Gasteiger partial charge in [0.05, 0.1) is 0 Å². The number of phenolic OH excluding ortho intramolecular Hbond substituents is 1. The van der Waals surface area contributed by atoms with Gasteiger partial charge in [0.1, 0.15) is 10.7 Å². The highest BCUT2D eigenvalue weighted by molar-refractivity contribution is 7.91. The van der Waals surface area contributed by atoms with Crippen molar-refractivity contribution in [2.75, 3.05) is 5.73 Å². The second kappa shape index (κ2) is 5.08. The number of Topliss-reactive ketones (excluding diaryl/α,β-unsaturated/α-hetero) is 1. The first kappa shape index (κ1) is 14.7. The number of benzene rings is 1. The monoisotopic (exact) mass is 287 g/mol. The first-order chi connectivity index (χ1) is 8.62. The van der Waals surface area contributed by atoms with Gasteiger partial charge in [-0.15, -0.1) is 0 Å². The first-order valence-corrected chi connectivity index (χ1v) is 6.12. The summed E-state index contributed by atoms with van der Waals surface area (Å²) in [5.74, 6) is -4.35. The number of nitrogen functional groups attached to an aromatic ring is 1. The summed E-state index contributed by atoms with van der Waals surface area (Å²) in [6, 6.07) is 3.52. The molecule has 8 nitrogen and oxygen atoms in total. The van der Waals surface area contributed by atoms with Crippen LogP contribution in [0, 0.1) is 0 Å². The largest absolute Gasteiger partial charge is 0.507 e. The summed E-state index contributed by atoms with van der Waals surface area (Å²) in [5.41, 5.74) is 5.33. The van der Waals surface area contributed by atoms with E-state index in [9.17, 15) is 23.1 Å². The fourth-order valence-corrected chi connectivity index (χ4v) is 1.78. The van der Waals surface area contributed by atoms with Gasteiger partial charge < -0.3 is 15.9 Å². The molecule has 0 aliphatic carbocycles. The highest BCUT2D eigenvalue weighted by atomic mass is 32.2. The summed E-state index contributed by atoms with van der Waals surface area (Å²) < 4.78 is 30.7. The second-order valence-corrected chi connectivity index (χ2v) is 4.83. The summed E-state index contributed by atoms with van der Waals surface area (Å²) in [6.07, 6.45) is 0.542. The fraction of sp³-hybridized carbons (Fsp3) is 0. The van der Waals surface area contributed by atoms with Crippen molar-refractivity contribution in [2.45, 2.75) is 0 Å². The average Bonchev–Trinajstić information content (AvgIpc) is 2.25. The number of hydrogen-bond acceptors (Lipinski definition) is 6. The van der Waals surface area contributed by atoms with Crippen LogP contribution in [0.4, 0.5) is 5.69 Å². The number of carboxylic acids is 1. The lowest BCUT2D eigenvalue weighted by Crippen LogP contribution is -2.20. The minimum absolute atomic E-state index is 0.174. The molecule has 1 aromatic rings. The van der Waals surface area contributed by atoms with Gasteiger partial charge in [-0.1, -0.05) is 0 Å². The highest BCUT2D eigenvalue weighted by Gasteiger charge is 2.28. The zero-order chi connectivity index (χ0) is 14.8. The molecule has 0 fully saturated rings. The number of ketones is 1. The van der Waals surface area contributed by atoms with Crippen molar-refractivity contribution in [3.63, 3.8) is 0 Å². The van der Waals surface area contributed by atoms with E-state index in [0.29, 0.717) is 6.08 Å². The molecule has 0 aromatic heterocycles. The predicted octanol–water partition coefficient (Wildman–Crippen LogP) is -0.143. The molecule has 1 aromatic carbocycles. The number of carbonyl (C=O) groups is 2. The number of aliphatic carboxylic acids is 1. The van der Waals surface area contributed by atoms with E-state index >= 15 is 0 Å². The minimum atomic E-state index is -5.05. The first-order valence-electron chi connectivity index (χ1n) is 4.68. The van der Waals surface area contributed by atoms with E-state index in [1.54, 1.807) is 0 Å². The normalized spacial score (nSPS) is 12.2. The van der Waals surface area contributed by atoms with Gasteiger partial charge in [0.2, 0.25) is 0 Å². The molecule has 0 radical (unpaired) electrons. The van der Waals surface area contributed by atoms with Crippen molar-refractivity contribution in [3.8, 4) is 5.75 Å². The van der Waals surface area contributed by atoms with Crippen LogP contribution in [-0.2, 0) is 19.7 Å². The number of phenols is 1. The smallest absolute Gasteiger partial charge is 0.378 e. The summed E-state index contributed by atoms with van der Waals surface area (Å²) >= 11 is 0. The van der Waals surface area contributed by atoms with Gasteiger partial charge in [-0.2, -0.15) is 8.42 Å². The molecule has 0 saturated heterocycles. The van der Waals surface area contributed by atoms with E-state index in [2.05, 4.69) is 0 Å². The molecule has 0 bridgehead atoms. The Balaban J connectivity index is 3.45. The van der Waals surface area contributed by atoms with Crippen molar-refractivity contribution in [1.29, 1.82) is 0 Å². The van der Waals surface area contributed by atoms with E-state index in [4.69, 9.17) is 15.4 Å². The van der Waals surface area contributed by atoms with Crippen molar-refractivity contribution >= 4 is 33.6 Å². The quantitative estimate of drug-likeness (QED) is 0.258. The Morgan fingerprint density at radius 1 is 1.26 bits per heavy atom. The number of nitrogens with two attached hydrogens (primary N) is 1. The highest BCUT2D eigenvalue weighted by Crippen LogP contribution is 2.24. The predicted molar refractivity (Wildman–Crippen MR) is 64.7 cm³/mol. The molecule has 0 unspecified atom stereocenters. The molecule has 0 saturated carbocycles. The number of hydrogen-bond donors (Lipinski definition) is 4. The van der Waals surface area contributed by atoms with Gasteiger partial charge in [-0.05, 0) is 18.2 Å². The zero-order valence-corrected chi connectivity index (χ0v) is 10.1. The number of carboxylic acid groups (broad SMARTS) is 1. The molecule has 5 N–H and O–H groups in total. The van der Waals surface area contributed by atoms with Gasteiger partial charge in [0.25, 0.3) is 15.9 Å². The lowest BCUT2D eigenvalue weighted by atomic mass is 10.1. The van der Waals surface area contributed by atoms with Crippen molar-refractivity contribution in [3.05, 3.63) is 28.7 Å². The standard InChI is InChI=1S/C10H9NO7S/c11-6-2-1-5(7(12)4-6)3-8(19(16,17)18)9(13)10(14)15/h1-4,12H,11H2,(H,14,15)(H,16,17,18)/b8-3+. The van der Waals surface area contributed by atoms with E-state index in [1.807, 2.05) is 0 Å². The maximum atomic E-state index is 11.2. The minimum Gasteiger partial charge on any atom is -0.507 e. The Morgan fingerprint density at radius 2 is 1.84 bits per heavy atom. The SMILES string of the molecule is Nc1ccc(/C=C(\C(=O)C(=O)O)S(=O)(=O)O)c(O)c1.